The number of ether oxygens (including phenoxy) is 2. The van der Waals surface area contributed by atoms with E-state index in [9.17, 15) is 14.4 Å². The highest BCUT2D eigenvalue weighted by molar-refractivity contribution is 5.81. The number of carbonyl (C=O) groups is 3. The van der Waals surface area contributed by atoms with Gasteiger partial charge < -0.3 is 25.2 Å². The number of nitrogens with one attached hydrogen (secondary N) is 2. The van der Waals surface area contributed by atoms with Crippen LogP contribution in [-0.4, -0.2) is 49.1 Å². The van der Waals surface area contributed by atoms with E-state index < -0.39 is 18.2 Å². The average molecular weight is 356 g/mol. The Labute approximate surface area is 147 Å². The number of amides is 2. The molecule has 0 aromatic carbocycles. The summed E-state index contributed by atoms with van der Waals surface area (Å²) in [5.74, 6) is -0.570. The summed E-state index contributed by atoms with van der Waals surface area (Å²) >= 11 is 0. The van der Waals surface area contributed by atoms with E-state index in [-0.39, 0.29) is 30.1 Å². The molecule has 0 heterocycles. The fourth-order valence-corrected chi connectivity index (χ4v) is 3.70. The first-order valence-electron chi connectivity index (χ1n) is 8.24. The Morgan fingerprint density at radius 3 is 2.44 bits per heavy atom. The fraction of sp³-hybridized carbons (Fsp3) is 0.706. The van der Waals surface area contributed by atoms with Gasteiger partial charge in [-0.15, -0.1) is 0 Å². The van der Waals surface area contributed by atoms with Crippen LogP contribution in [-0.2, 0) is 14.3 Å². The van der Waals surface area contributed by atoms with E-state index in [1.54, 1.807) is 0 Å². The summed E-state index contributed by atoms with van der Waals surface area (Å²) in [5, 5.41) is 14.1. The number of esters is 1. The minimum Gasteiger partial charge on any atom is -0.465 e. The molecule has 1 rings (SSSR count). The molecular formula is C17H28N2O6. The predicted octanol–water partition coefficient (Wildman–Crippen LogP) is 2.29. The minimum atomic E-state index is -1.05. The zero-order chi connectivity index (χ0) is 19.1. The summed E-state index contributed by atoms with van der Waals surface area (Å²) in [6.07, 6.45) is 1.68. The monoisotopic (exact) mass is 356 g/mol. The summed E-state index contributed by atoms with van der Waals surface area (Å²) in [6.45, 7) is 9.73. The van der Waals surface area contributed by atoms with Crippen molar-refractivity contribution in [1.82, 2.24) is 10.6 Å². The van der Waals surface area contributed by atoms with Gasteiger partial charge in [-0.1, -0.05) is 27.4 Å². The quantitative estimate of drug-likeness (QED) is 0.366. The van der Waals surface area contributed by atoms with Gasteiger partial charge in [-0.2, -0.15) is 0 Å². The van der Waals surface area contributed by atoms with Crippen LogP contribution in [0.15, 0.2) is 12.7 Å². The van der Waals surface area contributed by atoms with Gasteiger partial charge in [0.15, 0.2) is 0 Å². The number of alkyl carbamates (subject to hydrolysis) is 1. The normalized spacial score (nSPS) is 24.7. The Morgan fingerprint density at radius 1 is 1.20 bits per heavy atom. The van der Waals surface area contributed by atoms with Crippen molar-refractivity contribution in [3.63, 3.8) is 0 Å². The number of carbonyl (C=O) groups excluding carboxylic acids is 2. The second-order valence-electron chi connectivity index (χ2n) is 7.57. The highest BCUT2D eigenvalue weighted by Crippen LogP contribution is 2.45. The third-order valence-corrected chi connectivity index (χ3v) is 4.16. The molecular weight excluding hydrogens is 328 g/mol. The van der Waals surface area contributed by atoms with Gasteiger partial charge in [-0.05, 0) is 30.1 Å². The Morgan fingerprint density at radius 2 is 1.84 bits per heavy atom. The number of rotatable bonds is 7. The van der Waals surface area contributed by atoms with Crippen molar-refractivity contribution in [2.24, 2.45) is 10.8 Å². The molecule has 0 radical (unpaired) electrons. The largest absolute Gasteiger partial charge is 0.465 e. The van der Waals surface area contributed by atoms with Crippen molar-refractivity contribution >= 4 is 18.2 Å². The number of hydrogen-bond donors (Lipinski definition) is 3. The number of hydrogen-bond acceptors (Lipinski definition) is 5. The van der Waals surface area contributed by atoms with Gasteiger partial charge in [0, 0.05) is 18.7 Å². The van der Waals surface area contributed by atoms with Gasteiger partial charge in [0.05, 0.1) is 0 Å². The molecule has 2 unspecified atom stereocenters. The molecule has 0 aromatic rings. The second-order valence-corrected chi connectivity index (χ2v) is 7.57. The lowest BCUT2D eigenvalue weighted by atomic mass is 9.62. The molecule has 2 atom stereocenters. The summed E-state index contributed by atoms with van der Waals surface area (Å²) < 4.78 is 9.73. The third kappa shape index (κ3) is 7.91. The molecule has 142 valence electrons. The van der Waals surface area contributed by atoms with Crippen LogP contribution in [0.2, 0.25) is 0 Å². The highest BCUT2D eigenvalue weighted by atomic mass is 16.6. The molecule has 1 aliphatic carbocycles. The lowest BCUT2D eigenvalue weighted by Gasteiger charge is -2.46. The summed E-state index contributed by atoms with van der Waals surface area (Å²) in [4.78, 5) is 33.6. The SMILES string of the molecule is C=CC(=O)OCCOC(=O)NC1CC(C)(C)CC(C)(CNC(=O)O)C1. The fourth-order valence-electron chi connectivity index (χ4n) is 3.70. The molecule has 8 heteroatoms. The van der Waals surface area contributed by atoms with Crippen LogP contribution in [0.3, 0.4) is 0 Å². The van der Waals surface area contributed by atoms with E-state index in [1.165, 1.54) is 0 Å². The van der Waals surface area contributed by atoms with Crippen LogP contribution in [0.1, 0.15) is 40.0 Å². The first kappa shape index (κ1) is 20.8. The molecule has 1 fully saturated rings. The van der Waals surface area contributed by atoms with E-state index in [2.05, 4.69) is 31.1 Å². The van der Waals surface area contributed by atoms with E-state index in [4.69, 9.17) is 14.6 Å². The molecule has 1 aliphatic rings. The minimum absolute atomic E-state index is 0.0331. The van der Waals surface area contributed by atoms with Crippen molar-refractivity contribution in [1.29, 1.82) is 0 Å². The number of carboxylic acid groups (broad SMARTS) is 1. The van der Waals surface area contributed by atoms with Crippen LogP contribution in [0, 0.1) is 10.8 Å². The zero-order valence-electron chi connectivity index (χ0n) is 15.1. The van der Waals surface area contributed by atoms with Crippen LogP contribution >= 0.6 is 0 Å². The van der Waals surface area contributed by atoms with Gasteiger partial charge in [0.25, 0.3) is 0 Å². The van der Waals surface area contributed by atoms with Gasteiger partial charge >= 0.3 is 18.2 Å². The standard InChI is InChI=1S/C17H28N2O6/c1-5-13(20)24-6-7-25-15(23)19-12-8-16(2,3)10-17(4,9-12)11-18-14(21)22/h5,12,18H,1,6-11H2,2-4H3,(H,19,23)(H,21,22). The topological polar surface area (TPSA) is 114 Å². The molecule has 0 spiro atoms. The lowest BCUT2D eigenvalue weighted by molar-refractivity contribution is -0.138. The average Bonchev–Trinajstić information content (AvgIpc) is 2.47. The Kier molecular flexibility index (Phi) is 7.26. The Bertz CT molecular complexity index is 519. The molecule has 0 bridgehead atoms. The maximum atomic E-state index is 11.9. The van der Waals surface area contributed by atoms with Crippen molar-refractivity contribution in [3.05, 3.63) is 12.7 Å². The van der Waals surface area contributed by atoms with Crippen LogP contribution in [0.4, 0.5) is 9.59 Å². The lowest BCUT2D eigenvalue weighted by Crippen LogP contribution is -2.50. The van der Waals surface area contributed by atoms with E-state index in [0.29, 0.717) is 13.0 Å². The van der Waals surface area contributed by atoms with Crippen molar-refractivity contribution in [3.8, 4) is 0 Å². The predicted molar refractivity (Wildman–Crippen MR) is 91.2 cm³/mol. The van der Waals surface area contributed by atoms with E-state index in [0.717, 1.165) is 18.9 Å². The Hall–Kier alpha value is -2.25. The summed E-state index contributed by atoms with van der Waals surface area (Å²) in [7, 11) is 0. The second kappa shape index (κ2) is 8.73. The molecule has 2 amide bonds. The molecule has 25 heavy (non-hydrogen) atoms. The van der Waals surface area contributed by atoms with Gasteiger partial charge in [-0.3, -0.25) is 0 Å². The van der Waals surface area contributed by atoms with Gasteiger partial charge in [-0.25, -0.2) is 14.4 Å². The van der Waals surface area contributed by atoms with Crippen LogP contribution in [0.25, 0.3) is 0 Å². The molecule has 8 nitrogen and oxygen atoms in total. The van der Waals surface area contributed by atoms with Crippen LogP contribution < -0.4 is 10.6 Å². The molecule has 0 aromatic heterocycles. The zero-order valence-corrected chi connectivity index (χ0v) is 15.1. The van der Waals surface area contributed by atoms with Crippen molar-refractivity contribution in [2.75, 3.05) is 19.8 Å². The van der Waals surface area contributed by atoms with E-state index in [1.807, 2.05) is 6.92 Å². The first-order chi connectivity index (χ1) is 11.6. The van der Waals surface area contributed by atoms with Gasteiger partial charge in [0.2, 0.25) is 0 Å². The van der Waals surface area contributed by atoms with Crippen molar-refractivity contribution < 1.29 is 29.0 Å². The van der Waals surface area contributed by atoms with Crippen molar-refractivity contribution in [2.45, 2.75) is 46.1 Å². The van der Waals surface area contributed by atoms with E-state index >= 15 is 0 Å². The Balaban J connectivity index is 2.50. The molecule has 3 N–H and O–H groups in total. The highest BCUT2D eigenvalue weighted by Gasteiger charge is 2.42. The summed E-state index contributed by atoms with van der Waals surface area (Å²) in [6, 6.07) is -0.118. The van der Waals surface area contributed by atoms with Crippen LogP contribution in [0.5, 0.6) is 0 Å². The molecule has 0 aliphatic heterocycles. The maximum absolute atomic E-state index is 11.9. The maximum Gasteiger partial charge on any atom is 0.407 e. The third-order valence-electron chi connectivity index (χ3n) is 4.16. The molecule has 0 saturated heterocycles. The first-order valence-corrected chi connectivity index (χ1v) is 8.24. The molecule has 1 saturated carbocycles. The van der Waals surface area contributed by atoms with Gasteiger partial charge in [0.1, 0.15) is 13.2 Å². The smallest absolute Gasteiger partial charge is 0.407 e. The summed E-state index contributed by atoms with van der Waals surface area (Å²) in [5.41, 5.74) is -0.289.